The molecule has 0 unspecified atom stereocenters. The van der Waals surface area contributed by atoms with Crippen molar-refractivity contribution < 1.29 is 4.79 Å². The van der Waals surface area contributed by atoms with E-state index in [-0.39, 0.29) is 11.9 Å². The molecule has 4 rings (SSSR count). The van der Waals surface area contributed by atoms with Gasteiger partial charge < -0.3 is 9.72 Å². The van der Waals surface area contributed by atoms with Gasteiger partial charge in [0.25, 0.3) is 5.91 Å². The lowest BCUT2D eigenvalue weighted by atomic mass is 10.2. The van der Waals surface area contributed by atoms with Crippen LogP contribution in [0.2, 0.25) is 0 Å². The Bertz CT molecular complexity index is 865. The smallest absolute Gasteiger partial charge is 0.271 e. The number of hydrogen-bond donors (Lipinski definition) is 1. The average molecular weight is 354 g/mol. The number of pyridine rings is 1. The van der Waals surface area contributed by atoms with E-state index < -0.39 is 0 Å². The van der Waals surface area contributed by atoms with Crippen LogP contribution in [0.1, 0.15) is 39.8 Å². The number of imidazole rings is 1. The number of nitrogens with one attached hydrogen (secondary N) is 1. The van der Waals surface area contributed by atoms with Crippen LogP contribution in [0.3, 0.4) is 0 Å². The number of carbonyl (C=O) groups excluding carboxylic acids is 1. The zero-order valence-corrected chi connectivity index (χ0v) is 15.1. The van der Waals surface area contributed by atoms with Crippen molar-refractivity contribution in [3.8, 4) is 0 Å². The van der Waals surface area contributed by atoms with Gasteiger partial charge in [-0.3, -0.25) is 9.69 Å². The quantitative estimate of drug-likeness (QED) is 0.765. The number of likely N-dealkylation sites (tertiary alicyclic amines) is 1. The second-order valence-corrected chi connectivity index (χ2v) is 7.56. The Kier molecular flexibility index (Phi) is 4.55. The zero-order valence-electron chi connectivity index (χ0n) is 14.3. The molecule has 0 aromatic carbocycles. The third-order valence-electron chi connectivity index (χ3n) is 4.76. The number of nitrogens with zero attached hydrogens (tertiary/aromatic N) is 3. The molecule has 1 aliphatic heterocycles. The largest absolute Gasteiger partial charge is 0.349 e. The van der Waals surface area contributed by atoms with Gasteiger partial charge in [0, 0.05) is 23.8 Å². The molecule has 4 heterocycles. The maximum absolute atomic E-state index is 12.6. The first-order chi connectivity index (χ1) is 12.2. The first kappa shape index (κ1) is 16.3. The van der Waals surface area contributed by atoms with Gasteiger partial charge in [-0.25, -0.2) is 4.98 Å². The number of hydrogen-bond acceptors (Lipinski definition) is 4. The molecular weight excluding hydrogens is 332 g/mol. The SMILES string of the molecule is Cc1ccn2cc(C(=O)NC[C@@H](c3cccs3)N3CCCC3)nc2c1. The topological polar surface area (TPSA) is 49.6 Å². The van der Waals surface area contributed by atoms with Crippen molar-refractivity contribution >= 4 is 22.9 Å². The van der Waals surface area contributed by atoms with Crippen LogP contribution in [-0.2, 0) is 0 Å². The van der Waals surface area contributed by atoms with Gasteiger partial charge >= 0.3 is 0 Å². The van der Waals surface area contributed by atoms with Crippen molar-refractivity contribution in [3.05, 3.63) is 58.2 Å². The van der Waals surface area contributed by atoms with Crippen molar-refractivity contribution in [1.29, 1.82) is 0 Å². The van der Waals surface area contributed by atoms with Crippen LogP contribution in [0.25, 0.3) is 5.65 Å². The molecule has 0 bridgehead atoms. The highest BCUT2D eigenvalue weighted by molar-refractivity contribution is 7.10. The van der Waals surface area contributed by atoms with Crippen LogP contribution in [0.4, 0.5) is 0 Å². The lowest BCUT2D eigenvalue weighted by Crippen LogP contribution is -2.36. The summed E-state index contributed by atoms with van der Waals surface area (Å²) in [5.41, 5.74) is 2.41. The number of thiophene rings is 1. The zero-order chi connectivity index (χ0) is 17.2. The molecule has 0 spiro atoms. The van der Waals surface area contributed by atoms with Crippen molar-refractivity contribution in [2.75, 3.05) is 19.6 Å². The van der Waals surface area contributed by atoms with E-state index >= 15 is 0 Å². The van der Waals surface area contributed by atoms with E-state index in [9.17, 15) is 4.79 Å². The summed E-state index contributed by atoms with van der Waals surface area (Å²) < 4.78 is 1.89. The molecule has 3 aromatic heterocycles. The van der Waals surface area contributed by atoms with Gasteiger partial charge in [-0.2, -0.15) is 0 Å². The number of fused-ring (bicyclic) bond motifs is 1. The first-order valence-electron chi connectivity index (χ1n) is 8.72. The Morgan fingerprint density at radius 1 is 1.36 bits per heavy atom. The summed E-state index contributed by atoms with van der Waals surface area (Å²) in [6.45, 7) is 4.85. The molecule has 25 heavy (non-hydrogen) atoms. The number of amides is 1. The maximum Gasteiger partial charge on any atom is 0.271 e. The normalized spacial score (nSPS) is 16.4. The van der Waals surface area contributed by atoms with Crippen LogP contribution in [0.15, 0.2) is 42.0 Å². The highest BCUT2D eigenvalue weighted by atomic mass is 32.1. The van der Waals surface area contributed by atoms with Gasteiger partial charge in [-0.05, 0) is 62.0 Å². The summed E-state index contributed by atoms with van der Waals surface area (Å²) in [6.07, 6.45) is 6.20. The third kappa shape index (κ3) is 3.45. The van der Waals surface area contributed by atoms with Gasteiger partial charge in [0.1, 0.15) is 11.3 Å². The van der Waals surface area contributed by atoms with Crippen LogP contribution in [0.5, 0.6) is 0 Å². The van der Waals surface area contributed by atoms with E-state index in [0.29, 0.717) is 12.2 Å². The van der Waals surface area contributed by atoms with E-state index in [2.05, 4.69) is 32.7 Å². The number of carbonyl (C=O) groups is 1. The number of rotatable bonds is 5. The molecule has 0 radical (unpaired) electrons. The molecule has 5 nitrogen and oxygen atoms in total. The van der Waals surface area contributed by atoms with E-state index in [1.165, 1.54) is 17.7 Å². The van der Waals surface area contributed by atoms with E-state index in [4.69, 9.17) is 0 Å². The molecule has 0 saturated carbocycles. The van der Waals surface area contributed by atoms with Gasteiger partial charge in [-0.1, -0.05) is 6.07 Å². The van der Waals surface area contributed by atoms with Gasteiger partial charge in [0.2, 0.25) is 0 Å². The molecule has 1 fully saturated rings. The Morgan fingerprint density at radius 2 is 2.20 bits per heavy atom. The Morgan fingerprint density at radius 3 is 2.96 bits per heavy atom. The molecule has 6 heteroatoms. The molecule has 1 N–H and O–H groups in total. The molecule has 0 aliphatic carbocycles. The first-order valence-corrected chi connectivity index (χ1v) is 9.60. The second kappa shape index (κ2) is 6.98. The van der Waals surface area contributed by atoms with Crippen molar-refractivity contribution in [2.45, 2.75) is 25.8 Å². The molecule has 1 atom stereocenters. The van der Waals surface area contributed by atoms with Gasteiger partial charge in [0.15, 0.2) is 0 Å². The van der Waals surface area contributed by atoms with Gasteiger partial charge in [0.05, 0.1) is 6.04 Å². The van der Waals surface area contributed by atoms with Crippen molar-refractivity contribution in [3.63, 3.8) is 0 Å². The fourth-order valence-electron chi connectivity index (χ4n) is 3.42. The minimum Gasteiger partial charge on any atom is -0.349 e. The summed E-state index contributed by atoms with van der Waals surface area (Å²) >= 11 is 1.76. The molecule has 1 amide bonds. The minimum atomic E-state index is -0.109. The molecule has 3 aromatic rings. The minimum absolute atomic E-state index is 0.109. The Labute approximate surface area is 151 Å². The fourth-order valence-corrected chi connectivity index (χ4v) is 4.28. The lowest BCUT2D eigenvalue weighted by molar-refractivity contribution is 0.0934. The monoisotopic (exact) mass is 354 g/mol. The predicted octanol–water partition coefficient (Wildman–Crippen LogP) is 3.27. The molecular formula is C19H22N4OS. The average Bonchev–Trinajstić information content (AvgIpc) is 3.36. The molecule has 130 valence electrons. The van der Waals surface area contributed by atoms with Crippen LogP contribution in [-0.4, -0.2) is 39.8 Å². The Balaban J connectivity index is 1.48. The third-order valence-corrected chi connectivity index (χ3v) is 5.73. The highest BCUT2D eigenvalue weighted by Crippen LogP contribution is 2.27. The fraction of sp³-hybridized carbons (Fsp3) is 0.368. The predicted molar refractivity (Wildman–Crippen MR) is 100 cm³/mol. The van der Waals surface area contributed by atoms with E-state index in [0.717, 1.165) is 24.3 Å². The summed E-state index contributed by atoms with van der Waals surface area (Å²) in [5, 5.41) is 5.19. The summed E-state index contributed by atoms with van der Waals surface area (Å²) in [7, 11) is 0. The standard InChI is InChI=1S/C19H22N4OS/c1-14-6-9-23-13-15(21-18(23)11-14)19(24)20-12-16(17-5-4-10-25-17)22-7-2-3-8-22/h4-6,9-11,13,16H,2-3,7-8,12H2,1H3,(H,20,24)/t16-/m0/s1. The van der Waals surface area contributed by atoms with Crippen molar-refractivity contribution in [2.24, 2.45) is 0 Å². The van der Waals surface area contributed by atoms with Gasteiger partial charge in [-0.15, -0.1) is 11.3 Å². The summed E-state index contributed by atoms with van der Waals surface area (Å²) in [5.74, 6) is -0.109. The highest BCUT2D eigenvalue weighted by Gasteiger charge is 2.25. The van der Waals surface area contributed by atoms with Crippen LogP contribution < -0.4 is 5.32 Å². The number of aromatic nitrogens is 2. The number of aryl methyl sites for hydroxylation is 1. The molecule has 1 saturated heterocycles. The maximum atomic E-state index is 12.6. The van der Waals surface area contributed by atoms with Crippen molar-refractivity contribution in [1.82, 2.24) is 19.6 Å². The summed E-state index contributed by atoms with van der Waals surface area (Å²) in [6, 6.07) is 8.49. The Hall–Kier alpha value is -2.18. The summed E-state index contributed by atoms with van der Waals surface area (Å²) in [4.78, 5) is 20.8. The van der Waals surface area contributed by atoms with Crippen LogP contribution >= 0.6 is 11.3 Å². The lowest BCUT2D eigenvalue weighted by Gasteiger charge is -2.26. The van der Waals surface area contributed by atoms with E-state index in [1.54, 1.807) is 17.5 Å². The molecule has 1 aliphatic rings. The van der Waals surface area contributed by atoms with Crippen LogP contribution in [0, 0.1) is 6.92 Å². The van der Waals surface area contributed by atoms with E-state index in [1.807, 2.05) is 29.7 Å². The second-order valence-electron chi connectivity index (χ2n) is 6.58.